The van der Waals surface area contributed by atoms with Gasteiger partial charge in [-0.3, -0.25) is 0 Å². The molecular weight excluding hydrogens is 396 g/mol. The molecule has 0 unspecified atom stereocenters. The highest BCUT2D eigenvalue weighted by atomic mass is 16.5. The number of anilines is 2. The van der Waals surface area contributed by atoms with E-state index in [0.29, 0.717) is 0 Å². The van der Waals surface area contributed by atoms with Gasteiger partial charge in [0.25, 0.3) is 0 Å². The minimum atomic E-state index is 0.787. The first kappa shape index (κ1) is 19.8. The Kier molecular flexibility index (Phi) is 5.07. The molecule has 0 aliphatic rings. The summed E-state index contributed by atoms with van der Waals surface area (Å²) in [6, 6.07) is 24.7. The lowest BCUT2D eigenvalue weighted by Crippen LogP contribution is -1.99. The molecule has 0 saturated heterocycles. The molecule has 0 radical (unpaired) electrons. The molecule has 5 nitrogen and oxygen atoms in total. The first-order valence-corrected chi connectivity index (χ1v) is 10.5. The maximum absolute atomic E-state index is 5.33. The summed E-state index contributed by atoms with van der Waals surface area (Å²) in [5.41, 5.74) is 7.45. The van der Waals surface area contributed by atoms with Crippen molar-refractivity contribution in [3.63, 3.8) is 0 Å². The summed E-state index contributed by atoms with van der Waals surface area (Å²) in [5.74, 6) is 1.61. The number of ether oxygens (including phenoxy) is 1. The van der Waals surface area contributed by atoms with Gasteiger partial charge < -0.3 is 14.6 Å². The standard InChI is InChI=1S/C27H24N4O/c1-18-9-10-19(2)24(15-18)30-26-25-23(20-7-5-4-6-8-20)16-31(27(25)29-17-28-26)21-11-13-22(32-3)14-12-21/h4-17H,1-3H3,(H,28,29,30). The van der Waals surface area contributed by atoms with Gasteiger partial charge in [-0.2, -0.15) is 0 Å². The molecule has 0 saturated carbocycles. The van der Waals surface area contributed by atoms with E-state index in [4.69, 9.17) is 4.74 Å². The second-order valence-corrected chi connectivity index (χ2v) is 7.84. The van der Waals surface area contributed by atoms with E-state index in [1.54, 1.807) is 13.4 Å². The van der Waals surface area contributed by atoms with Crippen LogP contribution in [0.2, 0.25) is 0 Å². The van der Waals surface area contributed by atoms with Crippen molar-refractivity contribution in [3.8, 4) is 22.6 Å². The molecule has 0 aliphatic heterocycles. The molecule has 5 heteroatoms. The Hall–Kier alpha value is -4.12. The number of rotatable bonds is 5. The zero-order chi connectivity index (χ0) is 22.1. The van der Waals surface area contributed by atoms with Gasteiger partial charge >= 0.3 is 0 Å². The Bertz CT molecular complexity index is 1390. The molecule has 0 fully saturated rings. The quantitative estimate of drug-likeness (QED) is 0.355. The van der Waals surface area contributed by atoms with Gasteiger partial charge in [0.05, 0.1) is 12.5 Å². The van der Waals surface area contributed by atoms with E-state index < -0.39 is 0 Å². The fourth-order valence-corrected chi connectivity index (χ4v) is 3.93. The molecule has 2 heterocycles. The van der Waals surface area contributed by atoms with Gasteiger partial charge in [0, 0.05) is 23.1 Å². The van der Waals surface area contributed by atoms with E-state index in [0.717, 1.165) is 45.1 Å². The molecule has 0 aliphatic carbocycles. The van der Waals surface area contributed by atoms with Crippen LogP contribution in [0.15, 0.2) is 85.3 Å². The van der Waals surface area contributed by atoms with Gasteiger partial charge in [-0.1, -0.05) is 42.5 Å². The normalized spacial score (nSPS) is 11.0. The minimum absolute atomic E-state index is 0.787. The predicted molar refractivity (Wildman–Crippen MR) is 130 cm³/mol. The Morgan fingerprint density at radius 2 is 1.66 bits per heavy atom. The van der Waals surface area contributed by atoms with Crippen molar-refractivity contribution in [1.82, 2.24) is 14.5 Å². The second kappa shape index (κ2) is 8.19. The lowest BCUT2D eigenvalue weighted by molar-refractivity contribution is 0.415. The number of hydrogen-bond donors (Lipinski definition) is 1. The highest BCUT2D eigenvalue weighted by molar-refractivity contribution is 6.03. The highest BCUT2D eigenvalue weighted by Crippen LogP contribution is 2.37. The van der Waals surface area contributed by atoms with Gasteiger partial charge in [-0.15, -0.1) is 0 Å². The van der Waals surface area contributed by atoms with Crippen molar-refractivity contribution in [2.45, 2.75) is 13.8 Å². The fourth-order valence-electron chi connectivity index (χ4n) is 3.93. The Morgan fingerprint density at radius 1 is 0.875 bits per heavy atom. The lowest BCUT2D eigenvalue weighted by Gasteiger charge is -2.12. The van der Waals surface area contributed by atoms with Crippen molar-refractivity contribution < 1.29 is 4.74 Å². The largest absolute Gasteiger partial charge is 0.497 e. The van der Waals surface area contributed by atoms with E-state index in [1.807, 2.05) is 42.5 Å². The van der Waals surface area contributed by atoms with Crippen LogP contribution in [0.4, 0.5) is 11.5 Å². The van der Waals surface area contributed by atoms with Gasteiger partial charge in [0.1, 0.15) is 17.9 Å². The smallest absolute Gasteiger partial charge is 0.150 e. The number of nitrogens with zero attached hydrogens (tertiary/aromatic N) is 3. The van der Waals surface area contributed by atoms with E-state index >= 15 is 0 Å². The number of aromatic nitrogens is 3. The summed E-state index contributed by atoms with van der Waals surface area (Å²) in [4.78, 5) is 9.31. The van der Waals surface area contributed by atoms with Crippen LogP contribution in [-0.2, 0) is 0 Å². The highest BCUT2D eigenvalue weighted by Gasteiger charge is 2.18. The first-order chi connectivity index (χ1) is 15.6. The summed E-state index contributed by atoms with van der Waals surface area (Å²) < 4.78 is 7.43. The maximum Gasteiger partial charge on any atom is 0.150 e. The average molecular weight is 421 g/mol. The van der Waals surface area contributed by atoms with Crippen LogP contribution in [0.25, 0.3) is 27.8 Å². The SMILES string of the molecule is COc1ccc(-n2cc(-c3ccccc3)c3c(Nc4cc(C)ccc4C)ncnc32)cc1. The monoisotopic (exact) mass is 420 g/mol. The van der Waals surface area contributed by atoms with E-state index in [-0.39, 0.29) is 0 Å². The molecule has 3 aromatic carbocycles. The van der Waals surface area contributed by atoms with E-state index in [1.165, 1.54) is 11.1 Å². The number of benzene rings is 3. The molecule has 5 aromatic rings. The van der Waals surface area contributed by atoms with Crippen LogP contribution >= 0.6 is 0 Å². The molecule has 0 amide bonds. The lowest BCUT2D eigenvalue weighted by atomic mass is 10.1. The summed E-state index contributed by atoms with van der Waals surface area (Å²) >= 11 is 0. The van der Waals surface area contributed by atoms with Crippen molar-refractivity contribution in [2.75, 3.05) is 12.4 Å². The fraction of sp³-hybridized carbons (Fsp3) is 0.111. The van der Waals surface area contributed by atoms with Crippen LogP contribution in [0.5, 0.6) is 5.75 Å². The number of aryl methyl sites for hydroxylation is 2. The Labute approximate surface area is 187 Å². The maximum atomic E-state index is 5.33. The summed E-state index contributed by atoms with van der Waals surface area (Å²) in [5, 5.41) is 4.55. The zero-order valence-corrected chi connectivity index (χ0v) is 18.3. The van der Waals surface area contributed by atoms with Gasteiger partial charge in [-0.05, 0) is 60.9 Å². The number of nitrogens with one attached hydrogen (secondary N) is 1. The molecule has 2 aromatic heterocycles. The molecule has 0 atom stereocenters. The number of methoxy groups -OCH3 is 1. The van der Waals surface area contributed by atoms with E-state index in [2.05, 4.69) is 70.2 Å². The van der Waals surface area contributed by atoms with Crippen LogP contribution in [-0.4, -0.2) is 21.6 Å². The Morgan fingerprint density at radius 3 is 2.41 bits per heavy atom. The van der Waals surface area contributed by atoms with Gasteiger partial charge in [0.15, 0.2) is 5.65 Å². The van der Waals surface area contributed by atoms with E-state index in [9.17, 15) is 0 Å². The topological polar surface area (TPSA) is 52.0 Å². The van der Waals surface area contributed by atoms with Crippen molar-refractivity contribution in [2.24, 2.45) is 0 Å². The summed E-state index contributed by atoms with van der Waals surface area (Å²) in [7, 11) is 1.67. The second-order valence-electron chi connectivity index (χ2n) is 7.84. The van der Waals surface area contributed by atoms with Crippen molar-refractivity contribution >= 4 is 22.5 Å². The third-order valence-corrected chi connectivity index (χ3v) is 5.66. The predicted octanol–water partition coefficient (Wildman–Crippen LogP) is 6.46. The average Bonchev–Trinajstić information content (AvgIpc) is 3.23. The van der Waals surface area contributed by atoms with Gasteiger partial charge in [0.2, 0.25) is 0 Å². The summed E-state index contributed by atoms with van der Waals surface area (Å²) in [6.07, 6.45) is 3.75. The van der Waals surface area contributed by atoms with Crippen molar-refractivity contribution in [1.29, 1.82) is 0 Å². The van der Waals surface area contributed by atoms with Crippen molar-refractivity contribution in [3.05, 3.63) is 96.4 Å². The van der Waals surface area contributed by atoms with Crippen LogP contribution in [0, 0.1) is 13.8 Å². The minimum Gasteiger partial charge on any atom is -0.497 e. The molecule has 158 valence electrons. The third kappa shape index (κ3) is 3.58. The van der Waals surface area contributed by atoms with Crippen LogP contribution < -0.4 is 10.1 Å². The van der Waals surface area contributed by atoms with Crippen LogP contribution in [0.3, 0.4) is 0 Å². The van der Waals surface area contributed by atoms with Crippen LogP contribution in [0.1, 0.15) is 11.1 Å². The number of hydrogen-bond acceptors (Lipinski definition) is 4. The molecule has 1 N–H and O–H groups in total. The molecule has 0 bridgehead atoms. The Balaban J connectivity index is 1.73. The number of fused-ring (bicyclic) bond motifs is 1. The molecule has 0 spiro atoms. The third-order valence-electron chi connectivity index (χ3n) is 5.66. The van der Waals surface area contributed by atoms with Gasteiger partial charge in [-0.25, -0.2) is 9.97 Å². The molecule has 5 rings (SSSR count). The first-order valence-electron chi connectivity index (χ1n) is 10.5. The summed E-state index contributed by atoms with van der Waals surface area (Å²) in [6.45, 7) is 4.19. The molecule has 32 heavy (non-hydrogen) atoms. The molecular formula is C27H24N4O. The zero-order valence-electron chi connectivity index (χ0n) is 18.3.